The summed E-state index contributed by atoms with van der Waals surface area (Å²) in [7, 11) is 2.05. The quantitative estimate of drug-likeness (QED) is 0.775. The zero-order valence-electron chi connectivity index (χ0n) is 13.6. The van der Waals surface area contributed by atoms with Crippen molar-refractivity contribution in [1.82, 2.24) is 5.32 Å². The van der Waals surface area contributed by atoms with Gasteiger partial charge in [-0.3, -0.25) is 0 Å². The number of aryl methyl sites for hydroxylation is 3. The van der Waals surface area contributed by atoms with E-state index in [0.29, 0.717) is 11.3 Å². The molecule has 0 saturated heterocycles. The first kappa shape index (κ1) is 16.1. The molecule has 2 atom stereocenters. The van der Waals surface area contributed by atoms with Gasteiger partial charge in [-0.1, -0.05) is 54.4 Å². The highest BCUT2D eigenvalue weighted by Gasteiger charge is 2.19. The van der Waals surface area contributed by atoms with Crippen LogP contribution in [0.1, 0.15) is 35.2 Å². The summed E-state index contributed by atoms with van der Waals surface area (Å²) in [6, 6.07) is 15.9. The monoisotopic (exact) mass is 299 g/mol. The summed E-state index contributed by atoms with van der Waals surface area (Å²) < 4.78 is 0. The standard InChI is InChI=1S/C19H25NS/c1-13-7-10-17(11-8-13)19(20-5)16(4)21-18-12-14(2)6-9-15(18)3/h6-12,16,19-20H,1-5H3. The molecule has 0 aliphatic carbocycles. The van der Waals surface area contributed by atoms with Gasteiger partial charge in [-0.05, 0) is 45.0 Å². The molecule has 2 heteroatoms. The Balaban J connectivity index is 2.18. The highest BCUT2D eigenvalue weighted by atomic mass is 32.2. The number of benzene rings is 2. The highest BCUT2D eigenvalue weighted by Crippen LogP contribution is 2.34. The topological polar surface area (TPSA) is 12.0 Å². The van der Waals surface area contributed by atoms with Gasteiger partial charge in [0.1, 0.15) is 0 Å². The van der Waals surface area contributed by atoms with Crippen molar-refractivity contribution in [3.8, 4) is 0 Å². The molecule has 2 aromatic rings. The Morgan fingerprint density at radius 3 is 2.14 bits per heavy atom. The molecule has 0 radical (unpaired) electrons. The predicted octanol–water partition coefficient (Wildman–Crippen LogP) is 5.05. The molecule has 0 saturated carbocycles. The van der Waals surface area contributed by atoms with Crippen LogP contribution in [-0.2, 0) is 0 Å². The van der Waals surface area contributed by atoms with E-state index in [0.717, 1.165) is 0 Å². The summed E-state index contributed by atoms with van der Waals surface area (Å²) in [4.78, 5) is 1.38. The molecule has 0 amide bonds. The Kier molecular flexibility index (Phi) is 5.49. The van der Waals surface area contributed by atoms with Gasteiger partial charge in [0.05, 0.1) is 0 Å². The second-order valence-corrected chi connectivity index (χ2v) is 7.19. The Morgan fingerprint density at radius 2 is 1.52 bits per heavy atom. The van der Waals surface area contributed by atoms with E-state index in [1.807, 2.05) is 18.8 Å². The van der Waals surface area contributed by atoms with E-state index in [4.69, 9.17) is 0 Å². The van der Waals surface area contributed by atoms with Gasteiger partial charge in [0, 0.05) is 16.2 Å². The molecule has 0 aromatic heterocycles. The van der Waals surface area contributed by atoms with Gasteiger partial charge in [-0.2, -0.15) is 0 Å². The number of hydrogen-bond donors (Lipinski definition) is 1. The normalized spacial score (nSPS) is 14.0. The molecule has 0 spiro atoms. The molecule has 0 bridgehead atoms. The van der Waals surface area contributed by atoms with Crippen LogP contribution in [0.15, 0.2) is 47.4 Å². The molecule has 1 nitrogen and oxygen atoms in total. The molecule has 2 unspecified atom stereocenters. The molecule has 0 aliphatic rings. The molecular formula is C19H25NS. The minimum atomic E-state index is 0.357. The van der Waals surface area contributed by atoms with Gasteiger partial charge in [0.25, 0.3) is 0 Å². The van der Waals surface area contributed by atoms with Gasteiger partial charge < -0.3 is 5.32 Å². The average molecular weight is 299 g/mol. The first-order valence-electron chi connectivity index (χ1n) is 7.49. The minimum absolute atomic E-state index is 0.357. The summed E-state index contributed by atoms with van der Waals surface area (Å²) in [5.41, 5.74) is 5.35. The van der Waals surface area contributed by atoms with Crippen molar-refractivity contribution >= 4 is 11.8 Å². The maximum Gasteiger partial charge on any atom is 0.0438 e. The van der Waals surface area contributed by atoms with Gasteiger partial charge in [-0.25, -0.2) is 0 Å². The van der Waals surface area contributed by atoms with E-state index >= 15 is 0 Å². The van der Waals surface area contributed by atoms with Gasteiger partial charge in [0.15, 0.2) is 0 Å². The van der Waals surface area contributed by atoms with Crippen molar-refractivity contribution < 1.29 is 0 Å². The Hall–Kier alpha value is -1.25. The van der Waals surface area contributed by atoms with Crippen molar-refractivity contribution in [2.24, 2.45) is 0 Å². The second kappa shape index (κ2) is 7.15. The van der Waals surface area contributed by atoms with Gasteiger partial charge in [0.2, 0.25) is 0 Å². The van der Waals surface area contributed by atoms with Crippen LogP contribution in [-0.4, -0.2) is 12.3 Å². The number of thioether (sulfide) groups is 1. The average Bonchev–Trinajstić information content (AvgIpc) is 2.46. The van der Waals surface area contributed by atoms with Crippen LogP contribution in [0, 0.1) is 20.8 Å². The van der Waals surface area contributed by atoms with E-state index in [2.05, 4.69) is 75.5 Å². The molecule has 0 heterocycles. The van der Waals surface area contributed by atoms with Crippen LogP contribution in [0.25, 0.3) is 0 Å². The van der Waals surface area contributed by atoms with Crippen LogP contribution < -0.4 is 5.32 Å². The van der Waals surface area contributed by atoms with Crippen LogP contribution >= 0.6 is 11.8 Å². The fourth-order valence-corrected chi connectivity index (χ4v) is 3.89. The summed E-state index contributed by atoms with van der Waals surface area (Å²) in [6.07, 6.45) is 0. The van der Waals surface area contributed by atoms with Crippen LogP contribution in [0.4, 0.5) is 0 Å². The Labute approximate surface area is 133 Å². The van der Waals surface area contributed by atoms with Gasteiger partial charge >= 0.3 is 0 Å². The predicted molar refractivity (Wildman–Crippen MR) is 94.2 cm³/mol. The van der Waals surface area contributed by atoms with Crippen molar-refractivity contribution in [1.29, 1.82) is 0 Å². The largest absolute Gasteiger partial charge is 0.312 e. The number of rotatable bonds is 5. The summed E-state index contributed by atoms with van der Waals surface area (Å²) in [6.45, 7) is 8.78. The fourth-order valence-electron chi connectivity index (χ4n) is 2.55. The molecule has 21 heavy (non-hydrogen) atoms. The molecule has 1 N–H and O–H groups in total. The van der Waals surface area contributed by atoms with E-state index in [-0.39, 0.29) is 0 Å². The smallest absolute Gasteiger partial charge is 0.0438 e. The van der Waals surface area contributed by atoms with E-state index in [1.54, 1.807) is 0 Å². The maximum absolute atomic E-state index is 3.47. The highest BCUT2D eigenvalue weighted by molar-refractivity contribution is 8.00. The molecular weight excluding hydrogens is 274 g/mol. The van der Waals surface area contributed by atoms with E-state index in [9.17, 15) is 0 Å². The van der Waals surface area contributed by atoms with Crippen molar-refractivity contribution in [3.63, 3.8) is 0 Å². The maximum atomic E-state index is 3.47. The lowest BCUT2D eigenvalue weighted by Gasteiger charge is -2.24. The van der Waals surface area contributed by atoms with E-state index in [1.165, 1.54) is 27.1 Å². The Bertz CT molecular complexity index is 589. The lowest BCUT2D eigenvalue weighted by molar-refractivity contribution is 0.589. The number of hydrogen-bond acceptors (Lipinski definition) is 2. The zero-order valence-corrected chi connectivity index (χ0v) is 14.4. The zero-order chi connectivity index (χ0) is 15.4. The van der Waals surface area contributed by atoms with Crippen molar-refractivity contribution in [2.45, 2.75) is 43.9 Å². The van der Waals surface area contributed by atoms with Gasteiger partial charge in [-0.15, -0.1) is 11.8 Å². The molecule has 0 aliphatic heterocycles. The molecule has 0 fully saturated rings. The third-order valence-electron chi connectivity index (χ3n) is 3.87. The summed E-state index contributed by atoms with van der Waals surface area (Å²) >= 11 is 1.95. The second-order valence-electron chi connectivity index (χ2n) is 5.77. The fraction of sp³-hybridized carbons (Fsp3) is 0.368. The van der Waals surface area contributed by atoms with Crippen LogP contribution in [0.2, 0.25) is 0 Å². The van der Waals surface area contributed by atoms with Crippen molar-refractivity contribution in [2.75, 3.05) is 7.05 Å². The lowest BCUT2D eigenvalue weighted by Crippen LogP contribution is -2.25. The van der Waals surface area contributed by atoms with Crippen molar-refractivity contribution in [3.05, 3.63) is 64.7 Å². The first-order chi connectivity index (χ1) is 10.0. The van der Waals surface area contributed by atoms with Crippen LogP contribution in [0.5, 0.6) is 0 Å². The first-order valence-corrected chi connectivity index (χ1v) is 8.37. The SMILES string of the molecule is CNC(c1ccc(C)cc1)C(C)Sc1cc(C)ccc1C. The summed E-state index contributed by atoms with van der Waals surface area (Å²) in [5, 5.41) is 3.94. The Morgan fingerprint density at radius 1 is 0.905 bits per heavy atom. The minimum Gasteiger partial charge on any atom is -0.312 e. The third-order valence-corrected chi connectivity index (χ3v) is 5.21. The molecule has 2 aromatic carbocycles. The number of nitrogens with one attached hydrogen (secondary N) is 1. The summed E-state index contributed by atoms with van der Waals surface area (Å²) in [5.74, 6) is 0. The van der Waals surface area contributed by atoms with E-state index < -0.39 is 0 Å². The van der Waals surface area contributed by atoms with Crippen LogP contribution in [0.3, 0.4) is 0 Å². The third kappa shape index (κ3) is 4.12. The molecule has 2 rings (SSSR count). The lowest BCUT2D eigenvalue weighted by atomic mass is 10.0. The molecule has 112 valence electrons.